The zero-order valence-corrected chi connectivity index (χ0v) is 11.8. The molecule has 0 bridgehead atoms. The molecule has 4 nitrogen and oxygen atoms in total. The first kappa shape index (κ1) is 15.5. The molecule has 1 aliphatic carbocycles. The van der Waals surface area contributed by atoms with Crippen LogP contribution in [-0.4, -0.2) is 46.6 Å². The molecule has 0 radical (unpaired) electrons. The van der Waals surface area contributed by atoms with Crippen LogP contribution in [-0.2, 0) is 9.59 Å². The lowest BCUT2D eigenvalue weighted by atomic mass is 9.79. The molecule has 8 heteroatoms. The van der Waals surface area contributed by atoms with E-state index in [1.54, 1.807) is 0 Å². The minimum Gasteiger partial charge on any atom is -0.340 e. The molecule has 1 heterocycles. The highest BCUT2D eigenvalue weighted by Crippen LogP contribution is 2.33. The molecule has 2 aliphatic rings. The van der Waals surface area contributed by atoms with Crippen molar-refractivity contribution in [3.8, 4) is 0 Å². The van der Waals surface area contributed by atoms with Crippen molar-refractivity contribution < 1.29 is 22.8 Å². The number of carbonyl (C=O) groups excluding carboxylic acids is 2. The van der Waals surface area contributed by atoms with E-state index in [-0.39, 0.29) is 42.4 Å². The molecule has 0 aromatic carbocycles. The van der Waals surface area contributed by atoms with Crippen molar-refractivity contribution in [2.24, 2.45) is 0 Å². The van der Waals surface area contributed by atoms with Crippen LogP contribution in [0, 0.1) is 0 Å². The summed E-state index contributed by atoms with van der Waals surface area (Å²) in [7, 11) is 0. The number of hydrogen-bond acceptors (Lipinski definition) is 3. The summed E-state index contributed by atoms with van der Waals surface area (Å²) >= 11 is -0.160. The molecule has 20 heavy (non-hydrogen) atoms. The van der Waals surface area contributed by atoms with Gasteiger partial charge in [-0.25, -0.2) is 0 Å². The van der Waals surface area contributed by atoms with Gasteiger partial charge in [-0.15, -0.1) is 0 Å². The lowest BCUT2D eigenvalue weighted by molar-refractivity contribution is -0.151. The van der Waals surface area contributed by atoms with E-state index in [2.05, 4.69) is 5.32 Å². The van der Waals surface area contributed by atoms with E-state index >= 15 is 0 Å². The van der Waals surface area contributed by atoms with Crippen LogP contribution >= 0.6 is 11.8 Å². The summed E-state index contributed by atoms with van der Waals surface area (Å²) in [5.41, 5.74) is -5.17. The third-order valence-corrected chi connectivity index (χ3v) is 4.46. The summed E-state index contributed by atoms with van der Waals surface area (Å²) in [6.45, 7) is -0.183. The number of hydrogen-bond donors (Lipinski definition) is 1. The average Bonchev–Trinajstić information content (AvgIpc) is 2.35. The zero-order chi connectivity index (χ0) is 14.8. The van der Waals surface area contributed by atoms with Gasteiger partial charge in [0, 0.05) is 12.3 Å². The Hall–Kier alpha value is -0.920. The Balaban J connectivity index is 1.98. The molecule has 0 atom stereocenters. The molecule has 0 aromatic heterocycles. The Labute approximate surface area is 119 Å². The van der Waals surface area contributed by atoms with Gasteiger partial charge < -0.3 is 10.2 Å². The second-order valence-electron chi connectivity index (χ2n) is 5.21. The second-order valence-corrected chi connectivity index (χ2v) is 6.37. The maximum Gasteiger partial charge on any atom is 0.441 e. The second kappa shape index (κ2) is 5.83. The van der Waals surface area contributed by atoms with Crippen molar-refractivity contribution in [3.63, 3.8) is 0 Å². The quantitative estimate of drug-likeness (QED) is 0.866. The maximum absolute atomic E-state index is 12.4. The van der Waals surface area contributed by atoms with Gasteiger partial charge >= 0.3 is 5.51 Å². The van der Waals surface area contributed by atoms with Gasteiger partial charge in [0.1, 0.15) is 5.54 Å². The van der Waals surface area contributed by atoms with Crippen molar-refractivity contribution in [1.29, 1.82) is 0 Å². The number of thioether (sulfide) groups is 1. The van der Waals surface area contributed by atoms with Gasteiger partial charge in [0.15, 0.2) is 0 Å². The number of alkyl halides is 3. The highest BCUT2D eigenvalue weighted by molar-refractivity contribution is 8.00. The fourth-order valence-electron chi connectivity index (χ4n) is 2.85. The molecule has 1 saturated carbocycles. The highest BCUT2D eigenvalue weighted by Gasteiger charge is 2.46. The number of nitrogens with zero attached hydrogens (tertiary/aromatic N) is 1. The summed E-state index contributed by atoms with van der Waals surface area (Å²) in [4.78, 5) is 25.4. The Kier molecular flexibility index (Phi) is 4.51. The van der Waals surface area contributed by atoms with Crippen LogP contribution < -0.4 is 5.32 Å². The molecule has 1 N–H and O–H groups in total. The van der Waals surface area contributed by atoms with Crippen LogP contribution in [0.3, 0.4) is 0 Å². The number of amides is 2. The number of carbonyl (C=O) groups is 2. The van der Waals surface area contributed by atoms with Crippen LogP contribution in [0.15, 0.2) is 0 Å². The lowest BCUT2D eigenvalue weighted by Gasteiger charge is -2.44. The monoisotopic (exact) mass is 310 g/mol. The number of halogens is 3. The van der Waals surface area contributed by atoms with Crippen molar-refractivity contribution in [2.75, 3.05) is 18.8 Å². The zero-order valence-electron chi connectivity index (χ0n) is 11.0. The van der Waals surface area contributed by atoms with Gasteiger partial charge in [-0.3, -0.25) is 9.59 Å². The van der Waals surface area contributed by atoms with E-state index in [0.717, 1.165) is 19.3 Å². The van der Waals surface area contributed by atoms with E-state index in [9.17, 15) is 22.8 Å². The predicted molar refractivity (Wildman–Crippen MR) is 69.1 cm³/mol. The maximum atomic E-state index is 12.4. The van der Waals surface area contributed by atoms with E-state index < -0.39 is 11.0 Å². The molecule has 0 aromatic rings. The molecule has 2 rings (SSSR count). The summed E-state index contributed by atoms with van der Waals surface area (Å²) < 4.78 is 36.3. The van der Waals surface area contributed by atoms with Gasteiger partial charge in [-0.05, 0) is 24.6 Å². The first-order valence-corrected chi connectivity index (χ1v) is 7.62. The summed E-state index contributed by atoms with van der Waals surface area (Å²) in [5, 5.41) is 2.76. The average molecular weight is 310 g/mol. The number of piperazine rings is 1. The largest absolute Gasteiger partial charge is 0.441 e. The lowest BCUT2D eigenvalue weighted by Crippen LogP contribution is -2.67. The number of rotatable bonds is 3. The molecule has 1 spiro atoms. The van der Waals surface area contributed by atoms with E-state index in [1.807, 2.05) is 0 Å². The van der Waals surface area contributed by atoms with Crippen LogP contribution in [0.4, 0.5) is 13.2 Å². The molecule has 1 aliphatic heterocycles. The van der Waals surface area contributed by atoms with Crippen LogP contribution in [0.1, 0.15) is 32.1 Å². The van der Waals surface area contributed by atoms with Crippen LogP contribution in [0.2, 0.25) is 0 Å². The molecule has 2 amide bonds. The normalized spacial score (nSPS) is 23.1. The van der Waals surface area contributed by atoms with Crippen molar-refractivity contribution in [2.45, 2.75) is 43.2 Å². The first-order valence-electron chi connectivity index (χ1n) is 6.63. The Morgan fingerprint density at radius 3 is 2.45 bits per heavy atom. The molecule has 0 unspecified atom stereocenters. The van der Waals surface area contributed by atoms with Crippen molar-refractivity contribution >= 4 is 23.6 Å². The fourth-order valence-corrected chi connectivity index (χ4v) is 3.40. The van der Waals surface area contributed by atoms with Gasteiger partial charge in [-0.1, -0.05) is 19.3 Å². The third-order valence-electron chi connectivity index (χ3n) is 3.74. The topological polar surface area (TPSA) is 49.4 Å². The Morgan fingerprint density at radius 2 is 1.85 bits per heavy atom. The standard InChI is InChI=1S/C12H17F3N2O2S/c13-12(14,15)20-7-6-17-8-9(18)16-11(10(17)19)4-2-1-3-5-11/h1-8H2,(H,16,18). The summed E-state index contributed by atoms with van der Waals surface area (Å²) in [6.07, 6.45) is 3.91. The Morgan fingerprint density at radius 1 is 1.20 bits per heavy atom. The van der Waals surface area contributed by atoms with E-state index in [1.165, 1.54) is 4.90 Å². The van der Waals surface area contributed by atoms with Crippen LogP contribution in [0.25, 0.3) is 0 Å². The smallest absolute Gasteiger partial charge is 0.340 e. The van der Waals surface area contributed by atoms with E-state index in [0.29, 0.717) is 12.8 Å². The minimum atomic E-state index is -4.30. The molecule has 1 saturated heterocycles. The van der Waals surface area contributed by atoms with Crippen LogP contribution in [0.5, 0.6) is 0 Å². The molecule has 114 valence electrons. The molecular weight excluding hydrogens is 293 g/mol. The minimum absolute atomic E-state index is 0.0435. The number of nitrogens with one attached hydrogen (secondary N) is 1. The first-order chi connectivity index (χ1) is 9.32. The highest BCUT2D eigenvalue weighted by atomic mass is 32.2. The fraction of sp³-hybridized carbons (Fsp3) is 0.833. The third kappa shape index (κ3) is 3.59. The van der Waals surface area contributed by atoms with Crippen molar-refractivity contribution in [3.05, 3.63) is 0 Å². The Bertz CT molecular complexity index is 395. The van der Waals surface area contributed by atoms with E-state index in [4.69, 9.17) is 0 Å². The van der Waals surface area contributed by atoms with Gasteiger partial charge in [0.05, 0.1) is 6.54 Å². The molecular formula is C12H17F3N2O2S. The van der Waals surface area contributed by atoms with Gasteiger partial charge in [0.2, 0.25) is 11.8 Å². The summed E-state index contributed by atoms with van der Waals surface area (Å²) in [6, 6.07) is 0. The summed E-state index contributed by atoms with van der Waals surface area (Å²) in [5.74, 6) is -0.735. The predicted octanol–water partition coefficient (Wildman–Crippen LogP) is 1.90. The molecule has 2 fully saturated rings. The SMILES string of the molecule is O=C1CN(CCSC(F)(F)F)C(=O)C2(CCCCC2)N1. The van der Waals surface area contributed by atoms with Gasteiger partial charge in [0.25, 0.3) is 0 Å². The van der Waals surface area contributed by atoms with Crippen molar-refractivity contribution in [1.82, 2.24) is 10.2 Å². The van der Waals surface area contributed by atoms with Gasteiger partial charge in [-0.2, -0.15) is 13.2 Å².